The molecule has 0 aliphatic heterocycles. The van der Waals surface area contributed by atoms with Gasteiger partial charge < -0.3 is 5.11 Å². The lowest BCUT2D eigenvalue weighted by Gasteiger charge is -2.27. The van der Waals surface area contributed by atoms with Crippen LogP contribution in [0.4, 0.5) is 0 Å². The zero-order chi connectivity index (χ0) is 20.7. The summed E-state index contributed by atoms with van der Waals surface area (Å²) < 4.78 is 0. The Morgan fingerprint density at radius 2 is 1.31 bits per heavy atom. The third-order valence-electron chi connectivity index (χ3n) is 4.71. The Labute approximate surface area is 171 Å². The predicted molar refractivity (Wildman–Crippen MR) is 116 cm³/mol. The van der Waals surface area contributed by atoms with Gasteiger partial charge in [-0.3, -0.25) is 4.79 Å². The van der Waals surface area contributed by atoms with Crippen LogP contribution in [-0.2, 0) is 10.4 Å². The van der Waals surface area contributed by atoms with Crippen LogP contribution in [0.15, 0.2) is 96.1 Å². The van der Waals surface area contributed by atoms with Crippen LogP contribution in [0.5, 0.6) is 0 Å². The van der Waals surface area contributed by atoms with Gasteiger partial charge in [0.05, 0.1) is 5.71 Å². The summed E-state index contributed by atoms with van der Waals surface area (Å²) in [5.74, 6) is -0.222. The maximum atomic E-state index is 13.2. The molecule has 4 nitrogen and oxygen atoms in total. The molecule has 0 spiro atoms. The third-order valence-corrected chi connectivity index (χ3v) is 4.71. The molecule has 0 heterocycles. The highest BCUT2D eigenvalue weighted by atomic mass is 16.3. The van der Waals surface area contributed by atoms with Crippen molar-refractivity contribution in [1.29, 1.82) is 0 Å². The van der Waals surface area contributed by atoms with Gasteiger partial charge in [0.1, 0.15) is 0 Å². The molecule has 2 N–H and O–H groups in total. The van der Waals surface area contributed by atoms with Gasteiger partial charge in [0.25, 0.3) is 5.91 Å². The lowest BCUT2D eigenvalue weighted by Crippen LogP contribution is -2.44. The smallest absolute Gasteiger partial charge is 0.281 e. The number of hydrogen-bond acceptors (Lipinski definition) is 3. The van der Waals surface area contributed by atoms with Gasteiger partial charge in [-0.1, -0.05) is 105 Å². The average Bonchev–Trinajstić information content (AvgIpc) is 2.77. The van der Waals surface area contributed by atoms with E-state index in [1.807, 2.05) is 42.5 Å². The average molecular weight is 386 g/mol. The lowest BCUT2D eigenvalue weighted by atomic mass is 9.85. The number of nitrogens with one attached hydrogen (secondary N) is 1. The van der Waals surface area contributed by atoms with Gasteiger partial charge in [0.2, 0.25) is 0 Å². The second kappa shape index (κ2) is 9.30. The minimum atomic E-state index is -1.84. The Bertz CT molecular complexity index is 912. The van der Waals surface area contributed by atoms with Crippen molar-refractivity contribution in [2.45, 2.75) is 25.9 Å². The molecular weight excluding hydrogens is 360 g/mol. The molecule has 0 aliphatic rings. The molecular formula is C25H26N2O2. The van der Waals surface area contributed by atoms with Crippen LogP contribution in [0, 0.1) is 5.92 Å². The van der Waals surface area contributed by atoms with Crippen molar-refractivity contribution >= 4 is 11.6 Å². The number of aliphatic hydroxyl groups is 1. The molecule has 0 bridgehead atoms. The van der Waals surface area contributed by atoms with Crippen LogP contribution < -0.4 is 5.43 Å². The first-order chi connectivity index (χ1) is 14.0. The standard InChI is InChI=1S/C25H26N2O2/c1-19(2)18-23(20-12-6-3-7-13-20)26-27-24(28)25(29,21-14-8-4-9-15-21)22-16-10-5-11-17-22/h3-17,19,29H,18H2,1-2H3,(H,27,28)/b26-23+. The molecule has 29 heavy (non-hydrogen) atoms. The van der Waals surface area contributed by atoms with Crippen LogP contribution in [0.2, 0.25) is 0 Å². The molecule has 0 saturated carbocycles. The number of carbonyl (C=O) groups is 1. The zero-order valence-electron chi connectivity index (χ0n) is 16.7. The number of nitrogens with zero attached hydrogens (tertiary/aromatic N) is 1. The number of rotatable bonds is 7. The van der Waals surface area contributed by atoms with Gasteiger partial charge in [-0.2, -0.15) is 5.10 Å². The van der Waals surface area contributed by atoms with Crippen molar-refractivity contribution in [3.05, 3.63) is 108 Å². The first kappa shape index (κ1) is 20.5. The summed E-state index contributed by atoms with van der Waals surface area (Å²) in [7, 11) is 0. The first-order valence-corrected chi connectivity index (χ1v) is 9.77. The molecule has 0 saturated heterocycles. The second-order valence-electron chi connectivity index (χ2n) is 7.41. The summed E-state index contributed by atoms with van der Waals surface area (Å²) >= 11 is 0. The summed E-state index contributed by atoms with van der Waals surface area (Å²) in [6, 6.07) is 27.6. The maximum Gasteiger partial charge on any atom is 0.281 e. The van der Waals surface area contributed by atoms with Gasteiger partial charge in [-0.15, -0.1) is 0 Å². The van der Waals surface area contributed by atoms with Crippen LogP contribution in [-0.4, -0.2) is 16.7 Å². The molecule has 3 aromatic carbocycles. The third kappa shape index (κ3) is 4.79. The molecule has 0 aromatic heterocycles. The SMILES string of the molecule is CC(C)C/C(=N\NC(=O)C(O)(c1ccccc1)c1ccccc1)c1ccccc1. The summed E-state index contributed by atoms with van der Waals surface area (Å²) in [5.41, 5.74) is 3.49. The summed E-state index contributed by atoms with van der Waals surface area (Å²) in [6.07, 6.45) is 0.708. The molecule has 0 unspecified atom stereocenters. The number of hydrazone groups is 1. The van der Waals surface area contributed by atoms with Crippen LogP contribution in [0.3, 0.4) is 0 Å². The molecule has 148 valence electrons. The normalized spacial score (nSPS) is 12.1. The van der Waals surface area contributed by atoms with Crippen LogP contribution in [0.1, 0.15) is 37.0 Å². The number of benzene rings is 3. The Kier molecular flexibility index (Phi) is 6.57. The largest absolute Gasteiger partial charge is 0.372 e. The van der Waals surface area contributed by atoms with E-state index >= 15 is 0 Å². The maximum absolute atomic E-state index is 13.2. The molecule has 0 aliphatic carbocycles. The highest BCUT2D eigenvalue weighted by molar-refractivity contribution is 6.01. The molecule has 3 rings (SSSR count). The van der Waals surface area contributed by atoms with Crippen LogP contribution >= 0.6 is 0 Å². The van der Waals surface area contributed by atoms with E-state index in [2.05, 4.69) is 24.4 Å². The fourth-order valence-corrected chi connectivity index (χ4v) is 3.23. The van der Waals surface area contributed by atoms with Crippen molar-refractivity contribution in [2.24, 2.45) is 11.0 Å². The van der Waals surface area contributed by atoms with E-state index in [-0.39, 0.29) is 0 Å². The van der Waals surface area contributed by atoms with Crippen molar-refractivity contribution in [1.82, 2.24) is 5.43 Å². The number of hydrogen-bond donors (Lipinski definition) is 2. The van der Waals surface area contributed by atoms with E-state index < -0.39 is 11.5 Å². The molecule has 1 amide bonds. The van der Waals surface area contributed by atoms with Gasteiger partial charge in [-0.05, 0) is 29.0 Å². The highest BCUT2D eigenvalue weighted by Crippen LogP contribution is 2.30. The van der Waals surface area contributed by atoms with E-state index in [0.717, 1.165) is 11.3 Å². The molecule has 0 fully saturated rings. The minimum absolute atomic E-state index is 0.369. The number of amides is 1. The Hall–Kier alpha value is -3.24. The van der Waals surface area contributed by atoms with Gasteiger partial charge in [0.15, 0.2) is 5.60 Å². The Balaban J connectivity index is 1.97. The Morgan fingerprint density at radius 1 is 0.862 bits per heavy atom. The van der Waals surface area contributed by atoms with Crippen molar-refractivity contribution in [2.75, 3.05) is 0 Å². The van der Waals surface area contributed by atoms with Crippen LogP contribution in [0.25, 0.3) is 0 Å². The van der Waals surface area contributed by atoms with E-state index in [4.69, 9.17) is 0 Å². The highest BCUT2D eigenvalue weighted by Gasteiger charge is 2.40. The molecule has 0 radical (unpaired) electrons. The number of carbonyl (C=O) groups excluding carboxylic acids is 1. The predicted octanol–water partition coefficient (Wildman–Crippen LogP) is 4.49. The first-order valence-electron chi connectivity index (χ1n) is 9.77. The Morgan fingerprint density at radius 3 is 1.76 bits per heavy atom. The van der Waals surface area contributed by atoms with Gasteiger partial charge >= 0.3 is 0 Å². The zero-order valence-corrected chi connectivity index (χ0v) is 16.7. The van der Waals surface area contributed by atoms with Gasteiger partial charge in [0, 0.05) is 0 Å². The fraction of sp³-hybridized carbons (Fsp3) is 0.200. The minimum Gasteiger partial charge on any atom is -0.372 e. The van der Waals surface area contributed by atoms with E-state index in [9.17, 15) is 9.90 Å². The molecule has 4 heteroatoms. The lowest BCUT2D eigenvalue weighted by molar-refractivity contribution is -0.136. The topological polar surface area (TPSA) is 61.7 Å². The molecule has 0 atom stereocenters. The summed E-state index contributed by atoms with van der Waals surface area (Å²) in [4.78, 5) is 13.2. The quantitative estimate of drug-likeness (QED) is 0.464. The van der Waals surface area contributed by atoms with Crippen molar-refractivity contribution in [3.63, 3.8) is 0 Å². The van der Waals surface area contributed by atoms with Crippen molar-refractivity contribution in [3.8, 4) is 0 Å². The van der Waals surface area contributed by atoms with E-state index in [1.165, 1.54) is 0 Å². The summed E-state index contributed by atoms with van der Waals surface area (Å²) in [6.45, 7) is 4.20. The van der Waals surface area contributed by atoms with Gasteiger partial charge in [-0.25, -0.2) is 5.43 Å². The van der Waals surface area contributed by atoms with E-state index in [1.54, 1.807) is 48.5 Å². The monoisotopic (exact) mass is 386 g/mol. The van der Waals surface area contributed by atoms with Crippen molar-refractivity contribution < 1.29 is 9.90 Å². The van der Waals surface area contributed by atoms with E-state index in [0.29, 0.717) is 23.5 Å². The fourth-order valence-electron chi connectivity index (χ4n) is 3.23. The molecule has 3 aromatic rings. The second-order valence-corrected chi connectivity index (χ2v) is 7.41. The summed E-state index contributed by atoms with van der Waals surface area (Å²) in [5, 5.41) is 15.9.